The number of benzene rings is 2. The molecule has 5 aliphatic rings. The van der Waals surface area contributed by atoms with Crippen LogP contribution in [0.15, 0.2) is 76.4 Å². The molecule has 0 radical (unpaired) electrons. The molecule has 4 amide bonds. The van der Waals surface area contributed by atoms with Gasteiger partial charge in [-0.25, -0.2) is 9.59 Å². The molecule has 14 heteroatoms. The molecule has 0 aromatic heterocycles. The zero-order chi connectivity index (χ0) is 41.8. The Hall–Kier alpha value is -5.31. The van der Waals surface area contributed by atoms with E-state index in [0.717, 1.165) is 65.6 Å². The minimum Gasteiger partial charge on any atom is -0.453 e. The normalized spacial score (nSPS) is 22.1. The number of fused-ring (bicyclic) bond motifs is 1. The third kappa shape index (κ3) is 8.57. The van der Waals surface area contributed by atoms with Crippen LogP contribution in [-0.2, 0) is 33.3 Å². The average molecular weight is 810 g/mol. The van der Waals surface area contributed by atoms with Gasteiger partial charge in [-0.3, -0.25) is 14.6 Å². The van der Waals surface area contributed by atoms with Gasteiger partial charge in [-0.2, -0.15) is 0 Å². The number of nitrogens with zero attached hydrogens (tertiary/aromatic N) is 3. The molecule has 0 saturated carbocycles. The minimum atomic E-state index is -0.869. The minimum absolute atomic E-state index is 0.0843. The van der Waals surface area contributed by atoms with Crippen LogP contribution in [0.1, 0.15) is 63.5 Å². The van der Waals surface area contributed by atoms with Crippen LogP contribution >= 0.6 is 0 Å². The summed E-state index contributed by atoms with van der Waals surface area (Å²) in [5, 5.41) is 5.34. The van der Waals surface area contributed by atoms with Gasteiger partial charge in [0.2, 0.25) is 11.8 Å². The number of aliphatic imine (C=N–C) groups is 1. The quantitative estimate of drug-likeness (QED) is 0.266. The lowest BCUT2D eigenvalue weighted by Gasteiger charge is -2.32. The van der Waals surface area contributed by atoms with Crippen molar-refractivity contribution in [1.82, 2.24) is 20.4 Å². The Kier molecular flexibility index (Phi) is 13.0. The monoisotopic (exact) mass is 809 g/mol. The number of amides is 4. The molecule has 2 aromatic carbocycles. The molecule has 3 fully saturated rings. The van der Waals surface area contributed by atoms with Crippen LogP contribution in [0.5, 0.6) is 0 Å². The molecular weight excluding hydrogens is 755 g/mol. The van der Waals surface area contributed by atoms with Crippen molar-refractivity contribution < 1.29 is 42.9 Å². The van der Waals surface area contributed by atoms with Gasteiger partial charge in [0.1, 0.15) is 12.1 Å². The SMILES string of the molecule is COC(=O)N[C@H](C(=O)N1CCC[C@@H]1C1=C2COCC2=C(c2ccc(-c3ccc(C4=CN=C([C@@H]5CCCN5C(=O)[C@@H](NC(=O)OC)[C@@H](C)OC)C4)cc3)cc2)C1)[C@@H](C)OC. The standard InChI is InChI=1S/C45H55N5O9/c1-26(55-3)40(47-44(53)57-5)42(51)49-19-7-9-38(49)34-22-33(35-24-59-25-36(34)35)31-17-15-29(16-18-31)28-11-13-30(14-12-28)32-21-37(46-23-32)39-10-8-20-50(39)43(52)41(27(2)56-4)48-45(54)58-6/h11-18,23,26-27,38-41H,7-10,19-22,24-25H2,1-6H3,(H,47,53)(H,48,54)/t26-,27-,38-,39+,40+,41+/m1/s1. The van der Waals surface area contributed by atoms with Crippen molar-refractivity contribution in [2.45, 2.75) is 88.7 Å². The highest BCUT2D eigenvalue weighted by atomic mass is 16.5. The average Bonchev–Trinajstić information content (AvgIpc) is 4.12. The van der Waals surface area contributed by atoms with Gasteiger partial charge in [0.15, 0.2) is 0 Å². The molecule has 2 N–H and O–H groups in total. The fourth-order valence-electron chi connectivity index (χ4n) is 9.08. The molecule has 14 nitrogen and oxygen atoms in total. The second-order valence-corrected chi connectivity index (χ2v) is 15.7. The molecule has 314 valence electrons. The number of alkyl carbamates (subject to hydrolysis) is 2. The first-order valence-electron chi connectivity index (χ1n) is 20.4. The molecule has 0 unspecified atom stereocenters. The van der Waals surface area contributed by atoms with Crippen molar-refractivity contribution in [1.29, 1.82) is 0 Å². The number of carbonyl (C=O) groups excluding carboxylic acids is 4. The van der Waals surface area contributed by atoms with E-state index in [1.807, 2.05) is 16.0 Å². The number of nitrogens with one attached hydrogen (secondary N) is 2. The Bertz CT molecular complexity index is 2060. The third-order valence-corrected chi connectivity index (χ3v) is 12.5. The van der Waals surface area contributed by atoms with E-state index >= 15 is 0 Å². The summed E-state index contributed by atoms with van der Waals surface area (Å²) >= 11 is 0. The maximum absolute atomic E-state index is 13.9. The van der Waals surface area contributed by atoms with E-state index in [1.54, 1.807) is 13.8 Å². The van der Waals surface area contributed by atoms with Crippen LogP contribution in [0.3, 0.4) is 0 Å². The smallest absolute Gasteiger partial charge is 0.407 e. The number of hydrogen-bond acceptors (Lipinski definition) is 10. The van der Waals surface area contributed by atoms with Gasteiger partial charge in [-0.1, -0.05) is 48.5 Å². The maximum atomic E-state index is 13.9. The molecule has 6 atom stereocenters. The fourth-order valence-corrected chi connectivity index (χ4v) is 9.08. The Morgan fingerprint density at radius 1 is 0.661 bits per heavy atom. The summed E-state index contributed by atoms with van der Waals surface area (Å²) in [6.07, 6.45) is 4.25. The Morgan fingerprint density at radius 3 is 1.69 bits per heavy atom. The first-order valence-corrected chi connectivity index (χ1v) is 20.4. The van der Waals surface area contributed by atoms with Gasteiger partial charge < -0.3 is 44.1 Å². The highest BCUT2D eigenvalue weighted by molar-refractivity contribution is 6.04. The largest absolute Gasteiger partial charge is 0.453 e. The summed E-state index contributed by atoms with van der Waals surface area (Å²) in [4.78, 5) is 60.3. The van der Waals surface area contributed by atoms with Crippen LogP contribution in [0.25, 0.3) is 22.3 Å². The predicted octanol–water partition coefficient (Wildman–Crippen LogP) is 5.52. The Labute approximate surface area is 345 Å². The van der Waals surface area contributed by atoms with E-state index in [1.165, 1.54) is 50.7 Å². The second kappa shape index (κ2) is 18.3. The lowest BCUT2D eigenvalue weighted by molar-refractivity contribution is -0.137. The van der Waals surface area contributed by atoms with Crippen LogP contribution in [0, 0.1) is 0 Å². The molecule has 0 spiro atoms. The van der Waals surface area contributed by atoms with Crippen molar-refractivity contribution in [3.63, 3.8) is 0 Å². The number of carbonyl (C=O) groups is 4. The van der Waals surface area contributed by atoms with Crippen molar-refractivity contribution in [2.24, 2.45) is 4.99 Å². The van der Waals surface area contributed by atoms with Gasteiger partial charge in [0.05, 0.1) is 51.7 Å². The van der Waals surface area contributed by atoms with E-state index in [-0.39, 0.29) is 23.9 Å². The summed E-state index contributed by atoms with van der Waals surface area (Å²) in [5.74, 6) is -0.381. The van der Waals surface area contributed by atoms with Gasteiger partial charge in [0, 0.05) is 45.6 Å². The third-order valence-electron chi connectivity index (χ3n) is 12.5. The second-order valence-electron chi connectivity index (χ2n) is 15.7. The van der Waals surface area contributed by atoms with Crippen LogP contribution in [0.2, 0.25) is 0 Å². The molecule has 0 bridgehead atoms. The van der Waals surface area contributed by atoms with E-state index in [2.05, 4.69) is 59.2 Å². The van der Waals surface area contributed by atoms with Crippen molar-refractivity contribution in [3.8, 4) is 11.1 Å². The molecule has 59 heavy (non-hydrogen) atoms. The van der Waals surface area contributed by atoms with Crippen molar-refractivity contribution in [3.05, 3.63) is 82.6 Å². The molecule has 4 heterocycles. The predicted molar refractivity (Wildman–Crippen MR) is 222 cm³/mol. The number of ether oxygens (including phenoxy) is 5. The van der Waals surface area contributed by atoms with E-state index < -0.39 is 36.5 Å². The molecule has 7 rings (SSSR count). The van der Waals surface area contributed by atoms with Gasteiger partial charge in [-0.05, 0) is 96.1 Å². The lowest BCUT2D eigenvalue weighted by Crippen LogP contribution is -2.56. The zero-order valence-electron chi connectivity index (χ0n) is 34.7. The van der Waals surface area contributed by atoms with E-state index in [4.69, 9.17) is 28.7 Å². The summed E-state index contributed by atoms with van der Waals surface area (Å²) in [7, 11) is 5.59. The Balaban J connectivity index is 0.994. The number of hydrogen-bond donors (Lipinski definition) is 2. The number of methoxy groups -OCH3 is 4. The lowest BCUT2D eigenvalue weighted by atomic mass is 9.94. The van der Waals surface area contributed by atoms with Crippen LogP contribution in [0.4, 0.5) is 9.59 Å². The molecule has 2 aromatic rings. The maximum Gasteiger partial charge on any atom is 0.407 e. The molecule has 4 aliphatic heterocycles. The highest BCUT2D eigenvalue weighted by Gasteiger charge is 2.43. The van der Waals surface area contributed by atoms with Gasteiger partial charge in [0.25, 0.3) is 0 Å². The number of allylic oxidation sites excluding steroid dienone is 2. The fraction of sp³-hybridized carbons (Fsp3) is 0.489. The summed E-state index contributed by atoms with van der Waals surface area (Å²) in [6.45, 7) is 5.78. The van der Waals surface area contributed by atoms with Crippen LogP contribution in [-0.4, -0.2) is 131 Å². The Morgan fingerprint density at radius 2 is 1.15 bits per heavy atom. The summed E-state index contributed by atoms with van der Waals surface area (Å²) in [5.41, 5.74) is 11.3. The molecule has 1 aliphatic carbocycles. The summed E-state index contributed by atoms with van der Waals surface area (Å²) < 4.78 is 26.5. The molecule has 3 saturated heterocycles. The van der Waals surface area contributed by atoms with Crippen LogP contribution < -0.4 is 10.6 Å². The van der Waals surface area contributed by atoms with Crippen molar-refractivity contribution in [2.75, 3.05) is 54.7 Å². The van der Waals surface area contributed by atoms with Crippen molar-refractivity contribution >= 4 is 40.9 Å². The first-order chi connectivity index (χ1) is 28.6. The van der Waals surface area contributed by atoms with E-state index in [0.29, 0.717) is 32.7 Å². The van der Waals surface area contributed by atoms with Gasteiger partial charge >= 0.3 is 12.2 Å². The first kappa shape index (κ1) is 41.8. The van der Waals surface area contributed by atoms with E-state index in [9.17, 15) is 19.2 Å². The topological polar surface area (TPSA) is 157 Å². The summed E-state index contributed by atoms with van der Waals surface area (Å²) in [6, 6.07) is 15.2. The zero-order valence-corrected chi connectivity index (χ0v) is 34.7. The highest BCUT2D eigenvalue weighted by Crippen LogP contribution is 2.46. The molecular formula is C45H55N5O9. The van der Waals surface area contributed by atoms with Gasteiger partial charge in [-0.15, -0.1) is 0 Å². The number of likely N-dealkylation sites (tertiary alicyclic amines) is 2. The number of rotatable bonds is 13.